The van der Waals surface area contributed by atoms with E-state index in [1.807, 2.05) is 19.1 Å². The maximum Gasteiger partial charge on any atom is 0.338 e. The summed E-state index contributed by atoms with van der Waals surface area (Å²) in [5.41, 5.74) is 1.66. The molecule has 0 radical (unpaired) electrons. The smallest absolute Gasteiger partial charge is 0.338 e. The number of amides is 2. The van der Waals surface area contributed by atoms with Crippen molar-refractivity contribution in [3.8, 4) is 11.5 Å². The van der Waals surface area contributed by atoms with Crippen LogP contribution < -0.4 is 20.1 Å². The van der Waals surface area contributed by atoms with Gasteiger partial charge in [-0.3, -0.25) is 0 Å². The lowest BCUT2D eigenvalue weighted by molar-refractivity contribution is -0.145. The minimum Gasteiger partial charge on any atom is -0.493 e. The molecule has 1 heterocycles. The molecule has 1 aliphatic carbocycles. The molecule has 1 fully saturated rings. The molecule has 1 aromatic rings. The Morgan fingerprint density at radius 1 is 1.13 bits per heavy atom. The molecule has 3 rings (SSSR count). The second kappa shape index (κ2) is 10.4. The van der Waals surface area contributed by atoms with Gasteiger partial charge in [-0.1, -0.05) is 25.8 Å². The van der Waals surface area contributed by atoms with Crippen molar-refractivity contribution < 1.29 is 23.8 Å². The number of nitrogens with one attached hydrogen (secondary N) is 2. The fraction of sp³-hybridized carbons (Fsp3) is 0.565. The summed E-state index contributed by atoms with van der Waals surface area (Å²) < 4.78 is 17.1. The van der Waals surface area contributed by atoms with Crippen LogP contribution in [0.2, 0.25) is 0 Å². The standard InChI is InChI=1S/C23H32N2O5/c1-4-13-29-18-12-11-16(14-19(18)28-3)21-20(15(2)24-23(27)25-21)22(26)30-17-9-7-5-6-8-10-17/h11-12,14,17,21H,4-10,13H2,1-3H3,(H2,24,25,27). The Bertz CT molecular complexity index is 797. The molecule has 30 heavy (non-hydrogen) atoms. The van der Waals surface area contributed by atoms with E-state index in [1.54, 1.807) is 20.1 Å². The van der Waals surface area contributed by atoms with Crippen molar-refractivity contribution in [3.63, 3.8) is 0 Å². The van der Waals surface area contributed by atoms with Gasteiger partial charge in [0, 0.05) is 5.70 Å². The van der Waals surface area contributed by atoms with Gasteiger partial charge in [-0.05, 0) is 56.7 Å². The molecule has 0 spiro atoms. The minimum atomic E-state index is -0.619. The van der Waals surface area contributed by atoms with Crippen LogP contribution in [0.15, 0.2) is 29.5 Å². The van der Waals surface area contributed by atoms with Crippen LogP contribution in [0.5, 0.6) is 11.5 Å². The van der Waals surface area contributed by atoms with Gasteiger partial charge in [-0.2, -0.15) is 0 Å². The second-order valence-corrected chi connectivity index (χ2v) is 7.85. The zero-order valence-corrected chi connectivity index (χ0v) is 18.1. The average molecular weight is 417 g/mol. The monoisotopic (exact) mass is 416 g/mol. The number of hydrogen-bond donors (Lipinski definition) is 2. The topological polar surface area (TPSA) is 85.9 Å². The summed E-state index contributed by atoms with van der Waals surface area (Å²) in [5.74, 6) is 0.802. The molecule has 1 saturated carbocycles. The van der Waals surface area contributed by atoms with Crippen molar-refractivity contribution in [1.29, 1.82) is 0 Å². The Balaban J connectivity index is 1.86. The van der Waals surface area contributed by atoms with Gasteiger partial charge in [-0.25, -0.2) is 9.59 Å². The summed E-state index contributed by atoms with van der Waals surface area (Å²) in [4.78, 5) is 25.3. The van der Waals surface area contributed by atoms with E-state index in [9.17, 15) is 9.59 Å². The summed E-state index contributed by atoms with van der Waals surface area (Å²) >= 11 is 0. The summed E-state index contributed by atoms with van der Waals surface area (Å²) in [6.45, 7) is 4.34. The Morgan fingerprint density at radius 2 is 1.87 bits per heavy atom. The predicted molar refractivity (Wildman–Crippen MR) is 113 cm³/mol. The van der Waals surface area contributed by atoms with Crippen LogP contribution in [-0.2, 0) is 9.53 Å². The van der Waals surface area contributed by atoms with E-state index in [-0.39, 0.29) is 18.1 Å². The van der Waals surface area contributed by atoms with Gasteiger partial charge in [0.05, 0.1) is 25.3 Å². The molecule has 7 nitrogen and oxygen atoms in total. The SMILES string of the molecule is CCCOc1ccc(C2NC(=O)NC(C)=C2C(=O)OC2CCCCCC2)cc1OC. The Labute approximate surface area is 178 Å². The molecule has 7 heteroatoms. The van der Waals surface area contributed by atoms with Gasteiger partial charge in [0.25, 0.3) is 0 Å². The van der Waals surface area contributed by atoms with Crippen LogP contribution in [0.1, 0.15) is 70.4 Å². The summed E-state index contributed by atoms with van der Waals surface area (Å²) in [5, 5.41) is 5.55. The normalized spacial score (nSPS) is 20.1. The first-order valence-corrected chi connectivity index (χ1v) is 10.8. The van der Waals surface area contributed by atoms with E-state index in [2.05, 4.69) is 10.6 Å². The Kier molecular flexibility index (Phi) is 7.60. The molecule has 0 saturated heterocycles. The van der Waals surface area contributed by atoms with Crippen molar-refractivity contribution in [2.45, 2.75) is 70.9 Å². The molecular weight excluding hydrogens is 384 g/mol. The number of rotatable bonds is 7. The number of esters is 1. The quantitative estimate of drug-likeness (QED) is 0.509. The highest BCUT2D eigenvalue weighted by Gasteiger charge is 2.34. The third-order valence-corrected chi connectivity index (χ3v) is 5.55. The molecule has 1 aliphatic heterocycles. The van der Waals surface area contributed by atoms with E-state index < -0.39 is 6.04 Å². The minimum absolute atomic E-state index is 0.0714. The lowest BCUT2D eigenvalue weighted by atomic mass is 9.95. The van der Waals surface area contributed by atoms with Crippen LogP contribution in [-0.4, -0.2) is 31.8 Å². The summed E-state index contributed by atoms with van der Waals surface area (Å²) in [6, 6.07) is 4.48. The maximum absolute atomic E-state index is 13.1. The first-order valence-electron chi connectivity index (χ1n) is 10.8. The lowest BCUT2D eigenvalue weighted by Gasteiger charge is -2.29. The van der Waals surface area contributed by atoms with Crippen molar-refractivity contribution in [2.75, 3.05) is 13.7 Å². The molecule has 1 unspecified atom stereocenters. The number of ether oxygens (including phenoxy) is 3. The Hall–Kier alpha value is -2.70. The summed E-state index contributed by atoms with van der Waals surface area (Å²) in [7, 11) is 1.57. The highest BCUT2D eigenvalue weighted by atomic mass is 16.5. The van der Waals surface area contributed by atoms with Crippen molar-refractivity contribution in [2.24, 2.45) is 0 Å². The molecule has 164 valence electrons. The van der Waals surface area contributed by atoms with Gasteiger partial charge in [-0.15, -0.1) is 0 Å². The van der Waals surface area contributed by atoms with Crippen LogP contribution in [0.25, 0.3) is 0 Å². The van der Waals surface area contributed by atoms with E-state index in [4.69, 9.17) is 14.2 Å². The van der Waals surface area contributed by atoms with Gasteiger partial charge in [0.15, 0.2) is 11.5 Å². The molecule has 0 bridgehead atoms. The van der Waals surface area contributed by atoms with E-state index in [0.29, 0.717) is 29.4 Å². The fourth-order valence-corrected chi connectivity index (χ4v) is 3.98. The maximum atomic E-state index is 13.1. The second-order valence-electron chi connectivity index (χ2n) is 7.85. The number of carbonyl (C=O) groups excluding carboxylic acids is 2. The van der Waals surface area contributed by atoms with E-state index in [1.165, 1.54) is 12.8 Å². The van der Waals surface area contributed by atoms with Crippen LogP contribution in [0, 0.1) is 0 Å². The largest absolute Gasteiger partial charge is 0.493 e. The van der Waals surface area contributed by atoms with Crippen LogP contribution >= 0.6 is 0 Å². The van der Waals surface area contributed by atoms with Crippen molar-refractivity contribution >= 4 is 12.0 Å². The number of methoxy groups -OCH3 is 1. The third-order valence-electron chi connectivity index (χ3n) is 5.55. The molecule has 2 amide bonds. The van der Waals surface area contributed by atoms with Crippen LogP contribution in [0.3, 0.4) is 0 Å². The van der Waals surface area contributed by atoms with Crippen molar-refractivity contribution in [3.05, 3.63) is 35.0 Å². The van der Waals surface area contributed by atoms with E-state index in [0.717, 1.165) is 37.7 Å². The third kappa shape index (κ3) is 5.26. The molecule has 2 aliphatic rings. The van der Waals surface area contributed by atoms with Gasteiger partial charge < -0.3 is 24.8 Å². The number of hydrogen-bond acceptors (Lipinski definition) is 5. The lowest BCUT2D eigenvalue weighted by Crippen LogP contribution is -2.45. The summed E-state index contributed by atoms with van der Waals surface area (Å²) in [6.07, 6.45) is 7.10. The first kappa shape index (κ1) is 22.0. The van der Waals surface area contributed by atoms with E-state index >= 15 is 0 Å². The highest BCUT2D eigenvalue weighted by molar-refractivity contribution is 5.95. The van der Waals surface area contributed by atoms with Crippen LogP contribution in [0.4, 0.5) is 4.79 Å². The number of benzene rings is 1. The van der Waals surface area contributed by atoms with Gasteiger partial charge in [0.1, 0.15) is 6.10 Å². The molecule has 1 atom stereocenters. The highest BCUT2D eigenvalue weighted by Crippen LogP contribution is 2.35. The Morgan fingerprint density at radius 3 is 2.53 bits per heavy atom. The zero-order chi connectivity index (χ0) is 21.5. The molecule has 0 aromatic heterocycles. The molecule has 2 N–H and O–H groups in total. The molecule has 1 aromatic carbocycles. The molecular formula is C23H32N2O5. The average Bonchev–Trinajstić information content (AvgIpc) is 3.00. The first-order chi connectivity index (χ1) is 14.5. The zero-order valence-electron chi connectivity index (χ0n) is 18.1. The van der Waals surface area contributed by atoms with Crippen molar-refractivity contribution in [1.82, 2.24) is 10.6 Å². The number of allylic oxidation sites excluding steroid dienone is 1. The fourth-order valence-electron chi connectivity index (χ4n) is 3.98. The van der Waals surface area contributed by atoms with Gasteiger partial charge >= 0.3 is 12.0 Å². The number of urea groups is 1. The predicted octanol–water partition coefficient (Wildman–Crippen LogP) is 4.38. The number of carbonyl (C=O) groups is 2. The van der Waals surface area contributed by atoms with Gasteiger partial charge in [0.2, 0.25) is 0 Å².